The quantitative estimate of drug-likeness (QED) is 0.563. The second kappa shape index (κ2) is 8.96. The van der Waals surface area contributed by atoms with Gasteiger partial charge in [0.05, 0.1) is 29.2 Å². The summed E-state index contributed by atoms with van der Waals surface area (Å²) < 4.78 is 5.87. The molecule has 0 radical (unpaired) electrons. The van der Waals surface area contributed by atoms with Crippen molar-refractivity contribution < 1.29 is 19.5 Å². The van der Waals surface area contributed by atoms with Crippen molar-refractivity contribution in [3.8, 4) is 29.4 Å². The summed E-state index contributed by atoms with van der Waals surface area (Å²) in [6, 6.07) is 10.8. The fourth-order valence-electron chi connectivity index (χ4n) is 2.87. The minimum absolute atomic E-state index is 0.0457. The Labute approximate surface area is 179 Å². The number of amides is 1. The van der Waals surface area contributed by atoms with E-state index in [1.54, 1.807) is 24.3 Å². The van der Waals surface area contributed by atoms with E-state index in [0.717, 1.165) is 0 Å². The maximum Gasteiger partial charge on any atom is 0.284 e. The topological polar surface area (TPSA) is 167 Å². The molecule has 0 aliphatic heterocycles. The number of nitrogens with one attached hydrogen (secondary N) is 1. The van der Waals surface area contributed by atoms with Crippen molar-refractivity contribution in [1.29, 1.82) is 10.5 Å². The first-order valence-corrected chi connectivity index (χ1v) is 9.59. The Kier molecular flexibility index (Phi) is 6.35. The highest BCUT2D eigenvalue weighted by Gasteiger charge is 2.33. The van der Waals surface area contributed by atoms with Crippen LogP contribution in [0.15, 0.2) is 24.3 Å². The summed E-state index contributed by atoms with van der Waals surface area (Å²) in [6.07, 6.45) is 0.729. The Morgan fingerprint density at radius 1 is 1.35 bits per heavy atom. The van der Waals surface area contributed by atoms with Crippen molar-refractivity contribution in [2.75, 3.05) is 12.3 Å². The van der Waals surface area contributed by atoms with E-state index in [9.17, 15) is 9.90 Å². The highest BCUT2D eigenvalue weighted by atomic mass is 16.7. The molecule has 0 bridgehead atoms. The summed E-state index contributed by atoms with van der Waals surface area (Å²) in [5, 5.41) is 27.8. The van der Waals surface area contributed by atoms with Gasteiger partial charge < -0.3 is 15.6 Å². The smallest absolute Gasteiger partial charge is 0.284 e. The lowest BCUT2D eigenvalue weighted by molar-refractivity contribution is -0.0523. The zero-order chi connectivity index (χ0) is 22.6. The molecule has 1 aliphatic carbocycles. The maximum absolute atomic E-state index is 12.7. The van der Waals surface area contributed by atoms with Crippen LogP contribution in [0.1, 0.15) is 42.6 Å². The van der Waals surface area contributed by atoms with Crippen molar-refractivity contribution in [1.82, 2.24) is 15.4 Å². The van der Waals surface area contributed by atoms with Crippen molar-refractivity contribution in [2.45, 2.75) is 38.4 Å². The molecule has 1 aromatic carbocycles. The first-order chi connectivity index (χ1) is 14.7. The van der Waals surface area contributed by atoms with Gasteiger partial charge in [0, 0.05) is 18.4 Å². The predicted molar refractivity (Wildman–Crippen MR) is 109 cm³/mol. The van der Waals surface area contributed by atoms with E-state index in [1.807, 2.05) is 6.07 Å². The second-order valence-corrected chi connectivity index (χ2v) is 7.87. The number of ether oxygens (including phenoxy) is 1. The molecule has 0 saturated heterocycles. The van der Waals surface area contributed by atoms with Crippen LogP contribution in [-0.4, -0.2) is 39.3 Å². The molecule has 1 heterocycles. The van der Waals surface area contributed by atoms with Crippen LogP contribution in [-0.2, 0) is 4.84 Å². The van der Waals surface area contributed by atoms with Gasteiger partial charge in [-0.2, -0.15) is 15.5 Å². The number of benzene rings is 1. The third-order valence-corrected chi connectivity index (χ3v) is 4.53. The van der Waals surface area contributed by atoms with E-state index in [1.165, 1.54) is 13.8 Å². The van der Waals surface area contributed by atoms with E-state index >= 15 is 0 Å². The molecule has 10 heteroatoms. The van der Waals surface area contributed by atoms with Gasteiger partial charge in [-0.05, 0) is 26.0 Å². The number of aromatic nitrogens is 2. The molecule has 1 aromatic heterocycles. The van der Waals surface area contributed by atoms with E-state index in [2.05, 4.69) is 21.5 Å². The standard InChI is InChI=1S/C21H22N6O4/c1-21(2,29)11-30-27-19(28)16-17(24)25-18(14-5-3-4-12(6-14)9-22)26-20(16)31-15-7-13(8-15)10-23/h3-6,13,15,29H,7-8,11H2,1-2H3,(H,27,28)(H2,24,25,26). The molecule has 2 aromatic rings. The lowest BCUT2D eigenvalue weighted by Crippen LogP contribution is -2.36. The highest BCUT2D eigenvalue weighted by Crippen LogP contribution is 2.33. The Bertz CT molecular complexity index is 1060. The third-order valence-electron chi connectivity index (χ3n) is 4.53. The van der Waals surface area contributed by atoms with Crippen LogP contribution in [0.2, 0.25) is 0 Å². The summed E-state index contributed by atoms with van der Waals surface area (Å²) >= 11 is 0. The number of carbonyl (C=O) groups excluding carboxylic acids is 1. The van der Waals surface area contributed by atoms with Crippen molar-refractivity contribution in [2.24, 2.45) is 5.92 Å². The number of carbonyl (C=O) groups is 1. The molecule has 1 fully saturated rings. The van der Waals surface area contributed by atoms with Gasteiger partial charge in [-0.15, -0.1) is 0 Å². The van der Waals surface area contributed by atoms with Gasteiger partial charge in [0.15, 0.2) is 5.82 Å². The number of nitriles is 2. The van der Waals surface area contributed by atoms with Crippen LogP contribution in [0.5, 0.6) is 5.88 Å². The molecule has 0 atom stereocenters. The van der Waals surface area contributed by atoms with Gasteiger partial charge in [0.1, 0.15) is 24.1 Å². The zero-order valence-electron chi connectivity index (χ0n) is 17.1. The van der Waals surface area contributed by atoms with Crippen molar-refractivity contribution in [3.63, 3.8) is 0 Å². The first kappa shape index (κ1) is 22.0. The van der Waals surface area contributed by atoms with Crippen LogP contribution < -0.4 is 16.0 Å². The summed E-state index contributed by atoms with van der Waals surface area (Å²) in [7, 11) is 0. The predicted octanol–water partition coefficient (Wildman–Crippen LogP) is 1.71. The molecule has 1 saturated carbocycles. The average Bonchev–Trinajstić information content (AvgIpc) is 2.68. The molecule has 10 nitrogen and oxygen atoms in total. The number of rotatable bonds is 7. The monoisotopic (exact) mass is 422 g/mol. The van der Waals surface area contributed by atoms with Crippen molar-refractivity contribution in [3.05, 3.63) is 35.4 Å². The number of nitrogens with zero attached hydrogens (tertiary/aromatic N) is 4. The second-order valence-electron chi connectivity index (χ2n) is 7.87. The number of nitrogen functional groups attached to an aromatic ring is 1. The number of nitrogens with two attached hydrogens (primary N) is 1. The molecule has 31 heavy (non-hydrogen) atoms. The summed E-state index contributed by atoms with van der Waals surface area (Å²) in [6.45, 7) is 2.90. The fourth-order valence-corrected chi connectivity index (χ4v) is 2.87. The molecule has 1 aliphatic rings. The molecular weight excluding hydrogens is 400 g/mol. The lowest BCUT2D eigenvalue weighted by Gasteiger charge is -2.31. The average molecular weight is 422 g/mol. The van der Waals surface area contributed by atoms with Gasteiger partial charge in [0.25, 0.3) is 5.91 Å². The van der Waals surface area contributed by atoms with Crippen LogP contribution in [0.3, 0.4) is 0 Å². The summed E-state index contributed by atoms with van der Waals surface area (Å²) in [4.78, 5) is 26.3. The van der Waals surface area contributed by atoms with Crippen LogP contribution >= 0.6 is 0 Å². The van der Waals surface area contributed by atoms with E-state index in [4.69, 9.17) is 25.8 Å². The number of hydrogen-bond donors (Lipinski definition) is 3. The Hall–Kier alpha value is -3.73. The minimum Gasteiger partial charge on any atom is -0.474 e. The Morgan fingerprint density at radius 3 is 2.74 bits per heavy atom. The number of aliphatic hydroxyl groups is 1. The maximum atomic E-state index is 12.7. The molecule has 4 N–H and O–H groups in total. The minimum atomic E-state index is -1.15. The number of anilines is 1. The molecule has 1 amide bonds. The van der Waals surface area contributed by atoms with Gasteiger partial charge in [-0.1, -0.05) is 12.1 Å². The zero-order valence-corrected chi connectivity index (χ0v) is 17.1. The fraction of sp³-hybridized carbons (Fsp3) is 0.381. The SMILES string of the molecule is CC(C)(O)CONC(=O)c1c(N)nc(-c2cccc(C#N)c2)nc1OC1CC(C#N)C1. The Balaban J connectivity index is 1.92. The highest BCUT2D eigenvalue weighted by molar-refractivity contribution is 6.00. The molecular formula is C21H22N6O4. The Morgan fingerprint density at radius 2 is 2.10 bits per heavy atom. The van der Waals surface area contributed by atoms with E-state index < -0.39 is 11.5 Å². The number of hydrogen-bond acceptors (Lipinski definition) is 9. The van der Waals surface area contributed by atoms with E-state index in [-0.39, 0.29) is 41.7 Å². The lowest BCUT2D eigenvalue weighted by atomic mass is 9.83. The summed E-state index contributed by atoms with van der Waals surface area (Å²) in [5.41, 5.74) is 7.96. The van der Waals surface area contributed by atoms with Crippen LogP contribution in [0.25, 0.3) is 11.4 Å². The third kappa shape index (κ3) is 5.45. The van der Waals surface area contributed by atoms with E-state index in [0.29, 0.717) is 24.0 Å². The largest absolute Gasteiger partial charge is 0.474 e. The normalized spacial score (nSPS) is 17.7. The molecule has 0 unspecified atom stereocenters. The van der Waals surface area contributed by atoms with Gasteiger partial charge in [-0.25, -0.2) is 10.5 Å². The van der Waals surface area contributed by atoms with Gasteiger partial charge >= 0.3 is 0 Å². The van der Waals surface area contributed by atoms with Crippen LogP contribution in [0.4, 0.5) is 5.82 Å². The van der Waals surface area contributed by atoms with Gasteiger partial charge in [-0.3, -0.25) is 9.63 Å². The van der Waals surface area contributed by atoms with Gasteiger partial charge in [0.2, 0.25) is 5.88 Å². The molecule has 160 valence electrons. The van der Waals surface area contributed by atoms with Crippen molar-refractivity contribution >= 4 is 11.7 Å². The molecule has 3 rings (SSSR count). The number of hydroxylamine groups is 1. The first-order valence-electron chi connectivity index (χ1n) is 9.59. The molecule has 0 spiro atoms. The summed E-state index contributed by atoms with van der Waals surface area (Å²) in [5.74, 6) is -0.832. The van der Waals surface area contributed by atoms with Crippen LogP contribution in [0, 0.1) is 28.6 Å².